The van der Waals surface area contributed by atoms with E-state index >= 15 is 0 Å². The number of hydrogen-bond donors (Lipinski definition) is 1. The minimum Gasteiger partial charge on any atom is -0.370 e. The van der Waals surface area contributed by atoms with Crippen LogP contribution in [0.15, 0.2) is 54.1 Å². The normalized spacial score (nSPS) is 18.8. The summed E-state index contributed by atoms with van der Waals surface area (Å²) in [4.78, 5) is 0. The molecule has 0 atom stereocenters. The Morgan fingerprint density at radius 2 is 1.86 bits per heavy atom. The number of benzene rings is 2. The maximum atomic E-state index is 13.4. The maximum absolute atomic E-state index is 13.4. The highest BCUT2D eigenvalue weighted by Gasteiger charge is 2.39. The van der Waals surface area contributed by atoms with E-state index in [4.69, 9.17) is 4.74 Å². The Balaban J connectivity index is 1.45. The molecule has 1 fully saturated rings. The fraction of sp³-hybridized carbons (Fsp3) is 0.440. The van der Waals surface area contributed by atoms with E-state index in [0.29, 0.717) is 6.61 Å². The summed E-state index contributed by atoms with van der Waals surface area (Å²) in [5.74, 6) is -0.173. The molecule has 2 aromatic rings. The van der Waals surface area contributed by atoms with Gasteiger partial charge in [-0.05, 0) is 67.1 Å². The summed E-state index contributed by atoms with van der Waals surface area (Å²) in [6.45, 7) is 4.64. The van der Waals surface area contributed by atoms with Gasteiger partial charge in [-0.15, -0.1) is 0 Å². The molecule has 2 aromatic carbocycles. The molecule has 0 amide bonds. The van der Waals surface area contributed by atoms with E-state index in [9.17, 15) is 4.39 Å². The second kappa shape index (κ2) is 8.59. The zero-order valence-corrected chi connectivity index (χ0v) is 16.8. The van der Waals surface area contributed by atoms with Crippen molar-refractivity contribution in [1.29, 1.82) is 0 Å². The van der Waals surface area contributed by atoms with Gasteiger partial charge in [0.25, 0.3) is 0 Å². The Bertz CT molecular complexity index is 834. The van der Waals surface area contributed by atoms with Crippen molar-refractivity contribution in [1.82, 2.24) is 5.32 Å². The van der Waals surface area contributed by atoms with Crippen LogP contribution >= 0.6 is 0 Å². The Morgan fingerprint density at radius 1 is 1.07 bits per heavy atom. The van der Waals surface area contributed by atoms with E-state index in [1.165, 1.54) is 35.1 Å². The summed E-state index contributed by atoms with van der Waals surface area (Å²) < 4.78 is 19.8. The van der Waals surface area contributed by atoms with Gasteiger partial charge in [-0.3, -0.25) is 0 Å². The highest BCUT2D eigenvalue weighted by Crippen LogP contribution is 2.45. The molecule has 1 spiro atoms. The lowest BCUT2D eigenvalue weighted by molar-refractivity contribution is -0.0329. The van der Waals surface area contributed by atoms with Gasteiger partial charge in [-0.25, -0.2) is 4.39 Å². The van der Waals surface area contributed by atoms with Crippen LogP contribution in [0, 0.1) is 12.7 Å². The average Bonchev–Trinajstić information content (AvgIpc) is 3.15. The first-order valence-electron chi connectivity index (χ1n) is 10.5. The molecule has 148 valence electrons. The second-order valence-electron chi connectivity index (χ2n) is 8.36. The average molecular weight is 380 g/mol. The number of nitrogens with one attached hydrogen (secondary N) is 1. The third kappa shape index (κ3) is 4.53. The Morgan fingerprint density at radius 3 is 2.61 bits per heavy atom. The van der Waals surface area contributed by atoms with E-state index in [0.717, 1.165) is 44.3 Å². The lowest BCUT2D eigenvalue weighted by Gasteiger charge is -2.37. The zero-order valence-electron chi connectivity index (χ0n) is 16.8. The number of ether oxygens (including phenoxy) is 1. The van der Waals surface area contributed by atoms with Gasteiger partial charge in [-0.2, -0.15) is 0 Å². The van der Waals surface area contributed by atoms with Crippen LogP contribution in [0.1, 0.15) is 55.2 Å². The van der Waals surface area contributed by atoms with E-state index in [-0.39, 0.29) is 11.4 Å². The molecule has 1 aliphatic heterocycles. The van der Waals surface area contributed by atoms with Crippen LogP contribution in [0.3, 0.4) is 0 Å². The molecular formula is C25H30FNO. The van der Waals surface area contributed by atoms with Crippen molar-refractivity contribution in [3.63, 3.8) is 0 Å². The van der Waals surface area contributed by atoms with Crippen LogP contribution in [0.5, 0.6) is 0 Å². The molecule has 0 saturated heterocycles. The van der Waals surface area contributed by atoms with E-state index in [1.54, 1.807) is 12.1 Å². The first kappa shape index (κ1) is 19.4. The summed E-state index contributed by atoms with van der Waals surface area (Å²) in [6, 6.07) is 15.6. The summed E-state index contributed by atoms with van der Waals surface area (Å²) >= 11 is 0. The zero-order chi connectivity index (χ0) is 19.4. The largest absolute Gasteiger partial charge is 0.370 e. The lowest BCUT2D eigenvalue weighted by Crippen LogP contribution is -2.34. The minimum absolute atomic E-state index is 0.0161. The Labute approximate surface area is 167 Å². The quantitative estimate of drug-likeness (QED) is 0.640. The first-order valence-corrected chi connectivity index (χ1v) is 10.5. The maximum Gasteiger partial charge on any atom is 0.123 e. The van der Waals surface area contributed by atoms with Crippen molar-refractivity contribution in [2.45, 2.75) is 57.6 Å². The highest BCUT2D eigenvalue weighted by molar-refractivity contribution is 5.70. The molecule has 0 aromatic heterocycles. The molecule has 0 bridgehead atoms. The van der Waals surface area contributed by atoms with Crippen LogP contribution in [0.25, 0.3) is 5.57 Å². The third-order valence-corrected chi connectivity index (χ3v) is 6.20. The number of hydrogen-bond acceptors (Lipinski definition) is 2. The van der Waals surface area contributed by atoms with Gasteiger partial charge in [0.1, 0.15) is 5.82 Å². The van der Waals surface area contributed by atoms with Gasteiger partial charge in [0.05, 0.1) is 12.2 Å². The van der Waals surface area contributed by atoms with E-state index < -0.39 is 0 Å². The van der Waals surface area contributed by atoms with Crippen molar-refractivity contribution in [3.05, 3.63) is 76.6 Å². The molecule has 1 N–H and O–H groups in total. The van der Waals surface area contributed by atoms with Crippen LogP contribution in [0.2, 0.25) is 0 Å². The van der Waals surface area contributed by atoms with Crippen molar-refractivity contribution in [3.8, 4) is 0 Å². The molecule has 0 radical (unpaired) electrons. The molecule has 4 rings (SSSR count). The molecule has 1 heterocycles. The second-order valence-corrected chi connectivity index (χ2v) is 8.36. The summed E-state index contributed by atoms with van der Waals surface area (Å²) in [6.07, 6.45) is 6.74. The van der Waals surface area contributed by atoms with E-state index in [1.807, 2.05) is 12.1 Å². The molecular weight excluding hydrogens is 349 g/mol. The molecule has 1 saturated carbocycles. The number of halogens is 1. The Kier molecular flexibility index (Phi) is 5.93. The summed E-state index contributed by atoms with van der Waals surface area (Å²) in [7, 11) is 0. The summed E-state index contributed by atoms with van der Waals surface area (Å²) in [5.41, 5.74) is 6.53. The fourth-order valence-electron chi connectivity index (χ4n) is 4.64. The monoisotopic (exact) mass is 379 g/mol. The van der Waals surface area contributed by atoms with Crippen LogP contribution in [0.4, 0.5) is 4.39 Å². The predicted molar refractivity (Wildman–Crippen MR) is 113 cm³/mol. The van der Waals surface area contributed by atoms with Crippen LogP contribution < -0.4 is 5.32 Å². The van der Waals surface area contributed by atoms with Gasteiger partial charge in [0.2, 0.25) is 0 Å². The topological polar surface area (TPSA) is 21.3 Å². The van der Waals surface area contributed by atoms with Crippen molar-refractivity contribution in [2.24, 2.45) is 0 Å². The van der Waals surface area contributed by atoms with Crippen molar-refractivity contribution in [2.75, 3.05) is 13.2 Å². The Hall–Kier alpha value is -1.97. The van der Waals surface area contributed by atoms with Gasteiger partial charge in [0.15, 0.2) is 0 Å². The molecule has 0 unspecified atom stereocenters. The highest BCUT2D eigenvalue weighted by atomic mass is 19.1. The fourth-order valence-corrected chi connectivity index (χ4v) is 4.64. The van der Waals surface area contributed by atoms with E-state index in [2.05, 4.69) is 36.5 Å². The molecule has 28 heavy (non-hydrogen) atoms. The van der Waals surface area contributed by atoms with Crippen molar-refractivity contribution >= 4 is 5.57 Å². The van der Waals surface area contributed by atoms with Gasteiger partial charge in [-0.1, -0.05) is 54.8 Å². The molecule has 3 heteroatoms. The number of rotatable bonds is 6. The van der Waals surface area contributed by atoms with Crippen LogP contribution in [-0.2, 0) is 11.3 Å². The van der Waals surface area contributed by atoms with Gasteiger partial charge < -0.3 is 10.1 Å². The lowest BCUT2D eigenvalue weighted by atomic mass is 9.83. The smallest absolute Gasteiger partial charge is 0.123 e. The molecule has 1 aliphatic carbocycles. The molecule has 2 nitrogen and oxygen atoms in total. The standard InChI is InChI=1S/C25H30FNO/c1-19-5-4-6-20(15-19)17-27-14-11-22-18-28-25(12-2-3-13-25)16-24(22)21-7-9-23(26)10-8-21/h4-10,15,27H,2-3,11-14,16-18H2,1H3. The summed E-state index contributed by atoms with van der Waals surface area (Å²) in [5, 5.41) is 3.57. The SMILES string of the molecule is Cc1cccc(CNCCC2=C(c3ccc(F)cc3)CC3(CCCC3)OC2)c1. The predicted octanol–water partition coefficient (Wildman–Crippen LogP) is 5.80. The molecule has 2 aliphatic rings. The number of aryl methyl sites for hydroxylation is 1. The minimum atomic E-state index is -0.173. The van der Waals surface area contributed by atoms with Gasteiger partial charge >= 0.3 is 0 Å². The first-order chi connectivity index (χ1) is 13.6. The van der Waals surface area contributed by atoms with Crippen LogP contribution in [-0.4, -0.2) is 18.8 Å². The third-order valence-electron chi connectivity index (χ3n) is 6.20. The van der Waals surface area contributed by atoms with Crippen molar-refractivity contribution < 1.29 is 9.13 Å². The van der Waals surface area contributed by atoms with Gasteiger partial charge in [0, 0.05) is 13.0 Å².